The summed E-state index contributed by atoms with van der Waals surface area (Å²) in [5.41, 5.74) is 12.6. The van der Waals surface area contributed by atoms with Crippen LogP contribution in [-0.4, -0.2) is 18.2 Å². The lowest BCUT2D eigenvalue weighted by molar-refractivity contribution is 0.195. The van der Waals surface area contributed by atoms with Crippen LogP contribution in [-0.2, 0) is 5.41 Å². The van der Waals surface area contributed by atoms with Crippen LogP contribution < -0.4 is 25.6 Å². The minimum absolute atomic E-state index is 0.0355. The minimum Gasteiger partial charge on any atom is -0.334 e. The van der Waals surface area contributed by atoms with Crippen LogP contribution in [0.4, 0.5) is 11.4 Å². The molecule has 332 valence electrons. The zero-order chi connectivity index (χ0) is 46.2. The lowest BCUT2D eigenvalue weighted by Crippen LogP contribution is -2.74. The van der Waals surface area contributed by atoms with Crippen LogP contribution in [0.25, 0.3) is 60.5 Å². The molecule has 13 rings (SSSR count). The fraction of sp³-hybridized carbons (Fsp3) is 0.121. The Morgan fingerprint density at radius 2 is 0.928 bits per heavy atom. The summed E-state index contributed by atoms with van der Waals surface area (Å²) in [6, 6.07) is 91.8. The number of rotatable bonds is 8. The van der Waals surface area contributed by atoms with Gasteiger partial charge in [0.2, 0.25) is 0 Å². The van der Waals surface area contributed by atoms with Crippen LogP contribution in [0.1, 0.15) is 45.1 Å². The monoisotopic (exact) mass is 902 g/mol. The van der Waals surface area contributed by atoms with Crippen molar-refractivity contribution in [2.75, 3.05) is 4.90 Å². The molecule has 3 heteroatoms. The fourth-order valence-electron chi connectivity index (χ4n) is 12.9. The third-order valence-electron chi connectivity index (χ3n) is 16.5. The molecule has 0 amide bonds. The molecule has 0 N–H and O–H groups in total. The predicted octanol–water partition coefficient (Wildman–Crippen LogP) is 14.4. The molecule has 1 saturated carbocycles. The van der Waals surface area contributed by atoms with Gasteiger partial charge in [-0.3, -0.25) is 0 Å². The molecular weight excluding hydrogens is 849 g/mol. The summed E-state index contributed by atoms with van der Waals surface area (Å²) in [6.07, 6.45) is 4.89. The largest absolute Gasteiger partial charge is 0.334 e. The number of para-hydroxylation sites is 1. The number of benzene rings is 10. The summed E-state index contributed by atoms with van der Waals surface area (Å²) in [4.78, 5) is 2.72. The number of nitrogens with zero attached hydrogens (tertiary/aromatic N) is 2. The predicted molar refractivity (Wildman–Crippen MR) is 296 cm³/mol. The minimum atomic E-state index is -2.93. The van der Waals surface area contributed by atoms with Crippen molar-refractivity contribution in [1.29, 1.82) is 0 Å². The van der Waals surface area contributed by atoms with Gasteiger partial charge in [-0.15, -0.1) is 0 Å². The normalized spacial score (nSPS) is 17.9. The van der Waals surface area contributed by atoms with Gasteiger partial charge in [-0.2, -0.15) is 0 Å². The number of hydrogen-bond donors (Lipinski definition) is 0. The molecule has 0 saturated heterocycles. The Morgan fingerprint density at radius 3 is 1.70 bits per heavy atom. The van der Waals surface area contributed by atoms with Crippen LogP contribution >= 0.6 is 0 Å². The standard InChI is InChI=1S/C66H54N2Si/c1-65-40-16-17-41-66(65,2)68(64-33-15-14-32-61(64)65)54-37-39-63-60(46-54)59-44-52(51-35-34-48-22-12-13-23-49(48)42-51)36-38-62(59)67(63)53-25-19-31-58(45-53)69(55-26-8-4-9-27-55,56-28-10-5-11-29-56)57-30-18-24-50(43-57)47-20-6-3-7-21-47/h3-15,18-39,42-46H,16-17,40-41H2,1-2H3. The van der Waals surface area contributed by atoms with Crippen molar-refractivity contribution >= 4 is 72.8 Å². The van der Waals surface area contributed by atoms with Crippen LogP contribution in [0.2, 0.25) is 0 Å². The van der Waals surface area contributed by atoms with E-state index in [1.54, 1.807) is 0 Å². The van der Waals surface area contributed by atoms with Crippen LogP contribution in [0.15, 0.2) is 243 Å². The number of aromatic nitrogens is 1. The van der Waals surface area contributed by atoms with Crippen LogP contribution in [0.3, 0.4) is 0 Å². The molecule has 11 aromatic rings. The lowest BCUT2D eigenvalue weighted by atomic mass is 9.61. The Kier molecular flexibility index (Phi) is 9.75. The summed E-state index contributed by atoms with van der Waals surface area (Å²) in [6.45, 7) is 5.07. The lowest BCUT2D eigenvalue weighted by Gasteiger charge is -2.50. The maximum atomic E-state index is 2.72. The van der Waals surface area contributed by atoms with Gasteiger partial charge in [0, 0.05) is 33.2 Å². The average Bonchev–Trinajstić information content (AvgIpc) is 3.85. The number of fused-ring (bicyclic) bond motifs is 7. The molecule has 1 aromatic heterocycles. The Labute approximate surface area is 406 Å². The smallest absolute Gasteiger partial charge is 0.179 e. The molecule has 1 aliphatic carbocycles. The first-order chi connectivity index (χ1) is 33.9. The summed E-state index contributed by atoms with van der Waals surface area (Å²) in [5.74, 6) is 0. The maximum Gasteiger partial charge on any atom is 0.179 e. The molecule has 2 unspecified atom stereocenters. The summed E-state index contributed by atoms with van der Waals surface area (Å²) >= 11 is 0. The van der Waals surface area contributed by atoms with Crippen molar-refractivity contribution < 1.29 is 0 Å². The molecule has 1 fully saturated rings. The Balaban J connectivity index is 1.06. The SMILES string of the molecule is CC12CCCCC1(C)N(c1ccc3c(c1)c1cc(-c4ccc5ccccc5c4)ccc1n3-c1cccc([Si](c3ccccc3)(c3ccccc3)c3cccc(-c4ccccc4)c3)c1)c1ccccc12. The summed E-state index contributed by atoms with van der Waals surface area (Å²) in [5, 5.41) is 10.5. The van der Waals surface area contributed by atoms with Crippen LogP contribution in [0.5, 0.6) is 0 Å². The zero-order valence-corrected chi connectivity index (χ0v) is 40.3. The molecular formula is C66H54N2Si. The van der Waals surface area contributed by atoms with Gasteiger partial charge >= 0.3 is 0 Å². The Bertz CT molecular complexity index is 3690. The highest BCUT2D eigenvalue weighted by Gasteiger charge is 2.57. The quantitative estimate of drug-likeness (QED) is 0.109. The first-order valence-corrected chi connectivity index (χ1v) is 26.8. The van der Waals surface area contributed by atoms with E-state index in [0.717, 1.165) is 0 Å². The fourth-order valence-corrected chi connectivity index (χ4v) is 17.7. The topological polar surface area (TPSA) is 8.17 Å². The van der Waals surface area contributed by atoms with Gasteiger partial charge in [0.1, 0.15) is 0 Å². The summed E-state index contributed by atoms with van der Waals surface area (Å²) < 4.78 is 2.54. The van der Waals surface area contributed by atoms with E-state index in [4.69, 9.17) is 0 Å². The van der Waals surface area contributed by atoms with E-state index < -0.39 is 8.07 Å². The first-order valence-electron chi connectivity index (χ1n) is 24.8. The third kappa shape index (κ3) is 6.37. The molecule has 2 aliphatic rings. The van der Waals surface area contributed by atoms with E-state index in [0.29, 0.717) is 0 Å². The van der Waals surface area contributed by atoms with Gasteiger partial charge in [-0.1, -0.05) is 208 Å². The Hall–Kier alpha value is -7.72. The maximum absolute atomic E-state index is 2.93. The van der Waals surface area contributed by atoms with Crippen molar-refractivity contribution in [3.05, 3.63) is 248 Å². The zero-order valence-electron chi connectivity index (χ0n) is 39.3. The molecule has 0 radical (unpaired) electrons. The van der Waals surface area contributed by atoms with E-state index in [-0.39, 0.29) is 11.0 Å². The first kappa shape index (κ1) is 41.5. The molecule has 0 spiro atoms. The van der Waals surface area contributed by atoms with E-state index in [9.17, 15) is 0 Å². The second kappa shape index (κ2) is 16.2. The average molecular weight is 903 g/mol. The number of anilines is 2. The van der Waals surface area contributed by atoms with Gasteiger partial charge in [0.05, 0.1) is 16.6 Å². The Morgan fingerprint density at radius 1 is 0.377 bits per heavy atom. The van der Waals surface area contributed by atoms with E-state index in [1.165, 1.54) is 124 Å². The molecule has 1 aliphatic heterocycles. The van der Waals surface area contributed by atoms with E-state index in [1.807, 2.05) is 0 Å². The summed E-state index contributed by atoms with van der Waals surface area (Å²) in [7, 11) is -2.93. The highest BCUT2D eigenvalue weighted by atomic mass is 28.3. The molecule has 2 heterocycles. The van der Waals surface area contributed by atoms with Gasteiger partial charge in [-0.25, -0.2) is 0 Å². The highest BCUT2D eigenvalue weighted by molar-refractivity contribution is 7.20. The molecule has 2 atom stereocenters. The molecule has 0 bridgehead atoms. The van der Waals surface area contributed by atoms with E-state index in [2.05, 4.69) is 266 Å². The van der Waals surface area contributed by atoms with Crippen molar-refractivity contribution in [2.24, 2.45) is 0 Å². The molecule has 10 aromatic carbocycles. The van der Waals surface area contributed by atoms with E-state index >= 15 is 0 Å². The number of hydrogen-bond acceptors (Lipinski definition) is 1. The van der Waals surface area contributed by atoms with Crippen molar-refractivity contribution in [2.45, 2.75) is 50.5 Å². The van der Waals surface area contributed by atoms with Gasteiger partial charge in [0.25, 0.3) is 0 Å². The molecule has 2 nitrogen and oxygen atoms in total. The third-order valence-corrected chi connectivity index (χ3v) is 21.2. The van der Waals surface area contributed by atoms with Gasteiger partial charge in [-0.05, 0) is 134 Å². The van der Waals surface area contributed by atoms with Crippen molar-refractivity contribution in [3.63, 3.8) is 0 Å². The second-order valence-electron chi connectivity index (χ2n) is 20.0. The van der Waals surface area contributed by atoms with Crippen LogP contribution in [0, 0.1) is 0 Å². The van der Waals surface area contributed by atoms with Crippen molar-refractivity contribution in [1.82, 2.24) is 4.57 Å². The second-order valence-corrected chi connectivity index (χ2v) is 23.8. The van der Waals surface area contributed by atoms with Gasteiger partial charge in [0.15, 0.2) is 8.07 Å². The molecule has 69 heavy (non-hydrogen) atoms. The highest BCUT2D eigenvalue weighted by Crippen LogP contribution is 2.61. The van der Waals surface area contributed by atoms with Gasteiger partial charge < -0.3 is 9.47 Å². The van der Waals surface area contributed by atoms with Crippen molar-refractivity contribution in [3.8, 4) is 27.9 Å².